The maximum absolute atomic E-state index is 13.9. The van der Waals surface area contributed by atoms with E-state index in [1.807, 2.05) is 0 Å². The van der Waals surface area contributed by atoms with Gasteiger partial charge in [-0.25, -0.2) is 13.8 Å². The van der Waals surface area contributed by atoms with Crippen LogP contribution < -0.4 is 21.3 Å². The van der Waals surface area contributed by atoms with Crippen molar-refractivity contribution in [1.29, 1.82) is 0 Å². The van der Waals surface area contributed by atoms with E-state index in [1.54, 1.807) is 24.3 Å². The average Bonchev–Trinajstić information content (AvgIpc) is 2.68. The molecule has 1 aromatic heterocycles. The number of ether oxygens (including phenoxy) is 1. The Balaban J connectivity index is 2.15. The molecule has 8 nitrogen and oxygen atoms in total. The van der Waals surface area contributed by atoms with E-state index in [-0.39, 0.29) is 23.8 Å². The van der Waals surface area contributed by atoms with Crippen molar-refractivity contribution in [3.8, 4) is 11.6 Å². The number of benzene rings is 2. The van der Waals surface area contributed by atoms with Gasteiger partial charge in [-0.1, -0.05) is 23.7 Å². The molecule has 0 bridgehead atoms. The smallest absolute Gasteiger partial charge is 0.352 e. The van der Waals surface area contributed by atoms with Gasteiger partial charge in [0.05, 0.1) is 25.0 Å². The molecule has 1 amide bonds. The lowest BCUT2D eigenvalue weighted by atomic mass is 10.2. The Morgan fingerprint density at radius 1 is 1.21 bits per heavy atom. The van der Waals surface area contributed by atoms with Crippen molar-refractivity contribution in [2.24, 2.45) is 0 Å². The fraction of sp³-hybridized carbons (Fsp3) is 0.158. The molecule has 0 fully saturated rings. The summed E-state index contributed by atoms with van der Waals surface area (Å²) in [4.78, 5) is 36.8. The monoisotopic (exact) mass is 418 g/mol. The Kier molecular flexibility index (Phi) is 5.79. The molecule has 3 aromatic rings. The van der Waals surface area contributed by atoms with Crippen LogP contribution in [0, 0.1) is 5.82 Å². The largest absolute Gasteiger partial charge is 0.476 e. The van der Waals surface area contributed by atoms with Crippen molar-refractivity contribution in [2.45, 2.75) is 13.5 Å². The van der Waals surface area contributed by atoms with Gasteiger partial charge in [-0.05, 0) is 35.9 Å². The van der Waals surface area contributed by atoms with Crippen molar-refractivity contribution >= 4 is 23.2 Å². The van der Waals surface area contributed by atoms with Crippen molar-refractivity contribution < 1.29 is 13.9 Å². The predicted octanol–water partition coefficient (Wildman–Crippen LogP) is 2.20. The molecule has 0 saturated carbocycles. The van der Waals surface area contributed by atoms with Gasteiger partial charge in [0.25, 0.3) is 5.88 Å². The summed E-state index contributed by atoms with van der Waals surface area (Å²) in [6, 6.07) is 10.2. The fourth-order valence-electron chi connectivity index (χ4n) is 2.63. The first kappa shape index (κ1) is 20.3. The average molecular weight is 419 g/mol. The number of carbonyl (C=O) groups is 1. The molecule has 0 spiro atoms. The van der Waals surface area contributed by atoms with Gasteiger partial charge >= 0.3 is 11.2 Å². The van der Waals surface area contributed by atoms with Crippen LogP contribution in [0.3, 0.4) is 0 Å². The third-order valence-electron chi connectivity index (χ3n) is 3.98. The number of rotatable bonds is 5. The van der Waals surface area contributed by atoms with Crippen LogP contribution in [0.5, 0.6) is 5.88 Å². The lowest BCUT2D eigenvalue weighted by molar-refractivity contribution is -0.114. The topological polar surface area (TPSA) is 95.2 Å². The van der Waals surface area contributed by atoms with Gasteiger partial charge in [0.15, 0.2) is 0 Å². The van der Waals surface area contributed by atoms with Gasteiger partial charge in [0.2, 0.25) is 5.91 Å². The van der Waals surface area contributed by atoms with Crippen molar-refractivity contribution in [3.63, 3.8) is 0 Å². The number of aromatic nitrogens is 3. The summed E-state index contributed by atoms with van der Waals surface area (Å²) in [5, 5.41) is 6.77. The Hall–Kier alpha value is -3.46. The third-order valence-corrected chi connectivity index (χ3v) is 4.24. The molecule has 10 heteroatoms. The second-order valence-electron chi connectivity index (χ2n) is 6.07. The molecule has 0 saturated heterocycles. The van der Waals surface area contributed by atoms with E-state index in [0.29, 0.717) is 10.6 Å². The molecule has 0 aliphatic rings. The number of nitrogens with one attached hydrogen (secondary N) is 1. The molecular formula is C19H16ClFN4O4. The summed E-state index contributed by atoms with van der Waals surface area (Å²) in [6.07, 6.45) is 0. The van der Waals surface area contributed by atoms with E-state index in [4.69, 9.17) is 16.3 Å². The van der Waals surface area contributed by atoms with Crippen LogP contribution in [0.2, 0.25) is 5.02 Å². The molecule has 29 heavy (non-hydrogen) atoms. The zero-order chi connectivity index (χ0) is 21.1. The highest BCUT2D eigenvalue weighted by Gasteiger charge is 2.16. The molecule has 0 atom stereocenters. The standard InChI is InChI=1S/C19H16ClFN4O4/c1-11(26)22-16-9-14(7-8-15(16)21)25-19(28)24(18(27)17(23-25)29-2)10-12-3-5-13(20)6-4-12/h3-9H,10H2,1-2H3,(H,22,26). The van der Waals surface area contributed by atoms with E-state index in [2.05, 4.69) is 10.4 Å². The second-order valence-corrected chi connectivity index (χ2v) is 6.50. The minimum atomic E-state index is -0.758. The second kappa shape index (κ2) is 8.27. The number of halogens is 2. The summed E-state index contributed by atoms with van der Waals surface area (Å²) in [7, 11) is 1.25. The van der Waals surface area contributed by atoms with Gasteiger partial charge in [0.1, 0.15) is 5.82 Å². The Morgan fingerprint density at radius 2 is 1.90 bits per heavy atom. The Morgan fingerprint density at radius 3 is 2.52 bits per heavy atom. The number of anilines is 1. The lowest BCUT2D eigenvalue weighted by Gasteiger charge is -2.13. The first-order chi connectivity index (χ1) is 13.8. The first-order valence-corrected chi connectivity index (χ1v) is 8.78. The normalized spacial score (nSPS) is 10.6. The summed E-state index contributed by atoms with van der Waals surface area (Å²) in [5.41, 5.74) is -0.799. The number of nitrogens with zero attached hydrogens (tertiary/aromatic N) is 3. The maximum Gasteiger partial charge on any atom is 0.352 e. The van der Waals surface area contributed by atoms with Gasteiger partial charge in [-0.2, -0.15) is 4.68 Å². The highest BCUT2D eigenvalue weighted by molar-refractivity contribution is 6.30. The fourth-order valence-corrected chi connectivity index (χ4v) is 2.76. The van der Waals surface area contributed by atoms with Crippen LogP contribution in [-0.4, -0.2) is 27.4 Å². The number of amides is 1. The molecule has 3 rings (SSSR count). The van der Waals surface area contributed by atoms with Gasteiger partial charge in [-0.15, -0.1) is 5.10 Å². The van der Waals surface area contributed by atoms with Crippen molar-refractivity contribution in [2.75, 3.05) is 12.4 Å². The van der Waals surface area contributed by atoms with Crippen LogP contribution >= 0.6 is 11.6 Å². The van der Waals surface area contributed by atoms with Crippen LogP contribution in [0.4, 0.5) is 10.1 Å². The molecular weight excluding hydrogens is 403 g/mol. The highest BCUT2D eigenvalue weighted by Crippen LogP contribution is 2.18. The number of carbonyl (C=O) groups excluding carboxylic acids is 1. The molecule has 0 unspecified atom stereocenters. The minimum Gasteiger partial charge on any atom is -0.476 e. The Bertz CT molecular complexity index is 1190. The van der Waals surface area contributed by atoms with Crippen molar-refractivity contribution in [3.05, 3.63) is 79.7 Å². The lowest BCUT2D eigenvalue weighted by Crippen LogP contribution is -2.41. The van der Waals surface area contributed by atoms with Crippen LogP contribution in [-0.2, 0) is 11.3 Å². The number of hydrogen-bond acceptors (Lipinski definition) is 5. The van der Waals surface area contributed by atoms with Crippen LogP contribution in [0.15, 0.2) is 52.1 Å². The summed E-state index contributed by atoms with van der Waals surface area (Å²) >= 11 is 5.87. The van der Waals surface area contributed by atoms with E-state index in [1.165, 1.54) is 26.2 Å². The van der Waals surface area contributed by atoms with Gasteiger partial charge < -0.3 is 10.1 Å². The molecule has 0 radical (unpaired) electrons. The van der Waals surface area contributed by atoms with E-state index >= 15 is 0 Å². The maximum atomic E-state index is 13.9. The summed E-state index contributed by atoms with van der Waals surface area (Å²) < 4.78 is 20.8. The third kappa shape index (κ3) is 4.35. The van der Waals surface area contributed by atoms with Gasteiger partial charge in [0, 0.05) is 11.9 Å². The predicted molar refractivity (Wildman–Crippen MR) is 105 cm³/mol. The van der Waals surface area contributed by atoms with Crippen LogP contribution in [0.1, 0.15) is 12.5 Å². The summed E-state index contributed by atoms with van der Waals surface area (Å²) in [5.74, 6) is -1.48. The SMILES string of the molecule is COc1nn(-c2ccc(F)c(NC(C)=O)c2)c(=O)n(Cc2ccc(Cl)cc2)c1=O. The van der Waals surface area contributed by atoms with E-state index < -0.39 is 23.0 Å². The molecule has 0 aliphatic carbocycles. The van der Waals surface area contributed by atoms with Crippen LogP contribution in [0.25, 0.3) is 5.69 Å². The molecule has 150 valence electrons. The molecule has 2 aromatic carbocycles. The molecule has 1 heterocycles. The van der Waals surface area contributed by atoms with Gasteiger partial charge in [-0.3, -0.25) is 9.59 Å². The first-order valence-electron chi connectivity index (χ1n) is 8.40. The number of methoxy groups -OCH3 is 1. The minimum absolute atomic E-state index is 0.0482. The summed E-state index contributed by atoms with van der Waals surface area (Å²) in [6.45, 7) is 1.18. The molecule has 0 aliphatic heterocycles. The zero-order valence-electron chi connectivity index (χ0n) is 15.5. The van der Waals surface area contributed by atoms with Crippen molar-refractivity contribution in [1.82, 2.24) is 14.3 Å². The van der Waals surface area contributed by atoms with E-state index in [9.17, 15) is 18.8 Å². The highest BCUT2D eigenvalue weighted by atomic mass is 35.5. The molecule has 1 N–H and O–H groups in total. The Labute approximate surface area is 169 Å². The quantitative estimate of drug-likeness (QED) is 0.685. The van der Waals surface area contributed by atoms with E-state index in [0.717, 1.165) is 15.3 Å². The zero-order valence-corrected chi connectivity index (χ0v) is 16.2. The number of hydrogen-bond donors (Lipinski definition) is 1.